The molecule has 0 N–H and O–H groups in total. The van der Waals surface area contributed by atoms with Crippen LogP contribution in [-0.4, -0.2) is 59.4 Å². The van der Waals surface area contributed by atoms with Crippen LogP contribution >= 0.6 is 23.4 Å². The Morgan fingerprint density at radius 2 is 1.79 bits per heavy atom. The lowest BCUT2D eigenvalue weighted by Gasteiger charge is -2.12. The summed E-state index contributed by atoms with van der Waals surface area (Å²) in [4.78, 5) is 0.223. The van der Waals surface area contributed by atoms with Gasteiger partial charge >= 0.3 is 0 Å². The summed E-state index contributed by atoms with van der Waals surface area (Å²) < 4.78 is 32.6. The summed E-state index contributed by atoms with van der Waals surface area (Å²) in [5.74, 6) is 1.21. The molecule has 0 aliphatic carbocycles. The minimum atomic E-state index is -3.44. The highest BCUT2D eigenvalue weighted by atomic mass is 35.5. The molecule has 3 aromatic rings. The van der Waals surface area contributed by atoms with Crippen LogP contribution in [0.3, 0.4) is 0 Å². The number of benzene rings is 2. The predicted octanol–water partition coefficient (Wildman–Crippen LogP) is 2.74. The van der Waals surface area contributed by atoms with E-state index in [1.165, 1.54) is 42.3 Å². The maximum Gasteiger partial charge on any atom is 0.242 e. The molecule has 2 aromatic carbocycles. The van der Waals surface area contributed by atoms with E-state index in [1.807, 2.05) is 12.1 Å². The summed E-state index contributed by atoms with van der Waals surface area (Å²) in [7, 11) is -0.453. The summed E-state index contributed by atoms with van der Waals surface area (Å²) in [6, 6.07) is 13.5. The van der Waals surface area contributed by atoms with Gasteiger partial charge in [0.2, 0.25) is 15.2 Å². The average molecular weight is 440 g/mol. The van der Waals surface area contributed by atoms with Gasteiger partial charge in [0.05, 0.1) is 17.2 Å². The topological polar surface area (TPSA) is 90.2 Å². The second kappa shape index (κ2) is 8.91. The largest absolute Gasteiger partial charge is 0.493 e. The molecule has 0 amide bonds. The number of nitrogens with zero attached hydrogens (tertiary/aromatic N) is 5. The van der Waals surface area contributed by atoms with Crippen molar-refractivity contribution in [2.45, 2.75) is 10.1 Å². The molecule has 28 heavy (non-hydrogen) atoms. The van der Waals surface area contributed by atoms with Crippen LogP contribution in [0, 0.1) is 0 Å². The van der Waals surface area contributed by atoms with Gasteiger partial charge in [0, 0.05) is 24.9 Å². The molecule has 1 aromatic heterocycles. The number of rotatable bonds is 8. The van der Waals surface area contributed by atoms with Crippen LogP contribution in [-0.2, 0) is 10.0 Å². The molecule has 0 saturated carbocycles. The van der Waals surface area contributed by atoms with Crippen molar-refractivity contribution in [1.82, 2.24) is 24.5 Å². The Hall–Kier alpha value is -2.14. The highest BCUT2D eigenvalue weighted by Gasteiger charge is 2.16. The van der Waals surface area contributed by atoms with Crippen LogP contribution in [0.15, 0.2) is 58.6 Å². The molecular formula is C17H18ClN5O3S2. The molecule has 3 rings (SSSR count). The molecule has 0 bridgehead atoms. The molecule has 0 saturated heterocycles. The van der Waals surface area contributed by atoms with Gasteiger partial charge in [-0.05, 0) is 59.0 Å². The van der Waals surface area contributed by atoms with Crippen molar-refractivity contribution in [2.24, 2.45) is 0 Å². The van der Waals surface area contributed by atoms with E-state index < -0.39 is 10.0 Å². The Bertz CT molecular complexity index is 1020. The van der Waals surface area contributed by atoms with Gasteiger partial charge in [0.15, 0.2) is 0 Å². The molecule has 0 fully saturated rings. The summed E-state index contributed by atoms with van der Waals surface area (Å²) >= 11 is 7.35. The molecule has 148 valence electrons. The maximum atomic E-state index is 12.1. The Kier molecular flexibility index (Phi) is 6.55. The molecule has 0 atom stereocenters. The second-order valence-corrected chi connectivity index (χ2v) is 9.46. The lowest BCUT2D eigenvalue weighted by molar-refractivity contribution is 0.343. The molecule has 11 heteroatoms. The standard InChI is InChI=1S/C17H18ClN5O3S2/c1-22(2)28(24,25)16-9-7-15(8-10-16)26-11-12-27-17-19-20-21-23(17)14-5-3-13(18)4-6-14/h3-10H,11-12H2,1-2H3. The third kappa shape index (κ3) is 4.82. The molecule has 8 nitrogen and oxygen atoms in total. The van der Waals surface area contributed by atoms with Crippen molar-refractivity contribution >= 4 is 33.4 Å². The molecule has 1 heterocycles. The lowest BCUT2D eigenvalue weighted by Crippen LogP contribution is -2.22. The van der Waals surface area contributed by atoms with Crippen LogP contribution < -0.4 is 4.74 Å². The average Bonchev–Trinajstić information content (AvgIpc) is 3.14. The van der Waals surface area contributed by atoms with Crippen LogP contribution in [0.1, 0.15) is 0 Å². The van der Waals surface area contributed by atoms with Gasteiger partial charge in [0.25, 0.3) is 0 Å². The van der Waals surface area contributed by atoms with Crippen LogP contribution in [0.25, 0.3) is 5.69 Å². The Balaban J connectivity index is 1.54. The first kappa shape index (κ1) is 20.6. The van der Waals surface area contributed by atoms with Crippen LogP contribution in [0.4, 0.5) is 0 Å². The smallest absolute Gasteiger partial charge is 0.242 e. The number of thioether (sulfide) groups is 1. The van der Waals surface area contributed by atoms with Crippen molar-refractivity contribution in [2.75, 3.05) is 26.5 Å². The minimum Gasteiger partial charge on any atom is -0.493 e. The first-order valence-electron chi connectivity index (χ1n) is 8.20. The van der Waals surface area contributed by atoms with Gasteiger partial charge in [-0.1, -0.05) is 23.4 Å². The number of tetrazole rings is 1. The Labute approximate surface area is 172 Å². The van der Waals surface area contributed by atoms with E-state index in [9.17, 15) is 8.42 Å². The molecule has 0 unspecified atom stereocenters. The lowest BCUT2D eigenvalue weighted by atomic mass is 10.3. The molecular weight excluding hydrogens is 422 g/mol. The number of halogens is 1. The van der Waals surface area contributed by atoms with E-state index in [0.717, 1.165) is 5.69 Å². The van der Waals surface area contributed by atoms with Gasteiger partial charge in [-0.3, -0.25) is 0 Å². The van der Waals surface area contributed by atoms with E-state index >= 15 is 0 Å². The van der Waals surface area contributed by atoms with Crippen molar-refractivity contribution in [3.63, 3.8) is 0 Å². The van der Waals surface area contributed by atoms with Gasteiger partial charge in [-0.2, -0.15) is 4.68 Å². The number of sulfonamides is 1. The predicted molar refractivity (Wildman–Crippen MR) is 108 cm³/mol. The quantitative estimate of drug-likeness (QED) is 0.393. The highest BCUT2D eigenvalue weighted by Crippen LogP contribution is 2.21. The van der Waals surface area contributed by atoms with Crippen molar-refractivity contribution in [3.05, 3.63) is 53.6 Å². The zero-order valence-corrected chi connectivity index (χ0v) is 17.6. The van der Waals surface area contributed by atoms with Crippen LogP contribution in [0.5, 0.6) is 5.75 Å². The van der Waals surface area contributed by atoms with Crippen molar-refractivity contribution in [1.29, 1.82) is 0 Å². The SMILES string of the molecule is CN(C)S(=O)(=O)c1ccc(OCCSc2nnnn2-c2ccc(Cl)cc2)cc1. The second-order valence-electron chi connectivity index (χ2n) is 5.81. The zero-order chi connectivity index (χ0) is 20.1. The summed E-state index contributed by atoms with van der Waals surface area (Å²) in [6.07, 6.45) is 0. The molecule has 0 aliphatic heterocycles. The fourth-order valence-electron chi connectivity index (χ4n) is 2.22. The highest BCUT2D eigenvalue weighted by molar-refractivity contribution is 7.99. The van der Waals surface area contributed by atoms with Gasteiger partial charge < -0.3 is 4.74 Å². The number of ether oxygens (including phenoxy) is 1. The Morgan fingerprint density at radius 3 is 2.43 bits per heavy atom. The monoisotopic (exact) mass is 439 g/mol. The van der Waals surface area contributed by atoms with E-state index in [2.05, 4.69) is 15.5 Å². The number of aromatic nitrogens is 4. The van der Waals surface area contributed by atoms with Gasteiger partial charge in [-0.15, -0.1) is 5.10 Å². The van der Waals surface area contributed by atoms with Gasteiger partial charge in [0.1, 0.15) is 5.75 Å². The summed E-state index contributed by atoms with van der Waals surface area (Å²) in [6.45, 7) is 0.415. The third-order valence-corrected chi connectivity index (χ3v) is 6.66. The normalized spacial score (nSPS) is 11.7. The minimum absolute atomic E-state index is 0.223. The molecule has 0 spiro atoms. The summed E-state index contributed by atoms with van der Waals surface area (Å²) in [5, 5.41) is 13.0. The number of hydrogen-bond donors (Lipinski definition) is 0. The third-order valence-electron chi connectivity index (χ3n) is 3.70. The first-order chi connectivity index (χ1) is 13.4. The molecule has 0 radical (unpaired) electrons. The van der Waals surface area contributed by atoms with Crippen LogP contribution in [0.2, 0.25) is 5.02 Å². The fourth-order valence-corrected chi connectivity index (χ4v) is 3.96. The van der Waals surface area contributed by atoms with Gasteiger partial charge in [-0.25, -0.2) is 12.7 Å². The molecule has 0 aliphatic rings. The maximum absolute atomic E-state index is 12.1. The number of hydrogen-bond acceptors (Lipinski definition) is 7. The first-order valence-corrected chi connectivity index (χ1v) is 11.0. The van der Waals surface area contributed by atoms with E-state index in [1.54, 1.807) is 28.9 Å². The zero-order valence-electron chi connectivity index (χ0n) is 15.2. The summed E-state index contributed by atoms with van der Waals surface area (Å²) in [5.41, 5.74) is 0.815. The van der Waals surface area contributed by atoms with Crippen molar-refractivity contribution in [3.8, 4) is 11.4 Å². The Morgan fingerprint density at radius 1 is 1.11 bits per heavy atom. The van der Waals surface area contributed by atoms with E-state index in [0.29, 0.717) is 28.3 Å². The van der Waals surface area contributed by atoms with E-state index in [-0.39, 0.29) is 4.90 Å². The van der Waals surface area contributed by atoms with Crippen molar-refractivity contribution < 1.29 is 13.2 Å². The fraction of sp³-hybridized carbons (Fsp3) is 0.235. The van der Waals surface area contributed by atoms with E-state index in [4.69, 9.17) is 16.3 Å².